The SMILES string of the molecule is CC(Sc1ccc(NC(=O)Cc2ccccc2)cc1)C(=O)Nc1ccc(Cl)cc1Cl. The summed E-state index contributed by atoms with van der Waals surface area (Å²) in [7, 11) is 0. The molecule has 2 N–H and O–H groups in total. The number of halogens is 2. The third-order valence-electron chi connectivity index (χ3n) is 4.22. The van der Waals surface area contributed by atoms with E-state index in [1.165, 1.54) is 11.8 Å². The summed E-state index contributed by atoms with van der Waals surface area (Å²) in [5.74, 6) is -0.237. The van der Waals surface area contributed by atoms with Crippen LogP contribution in [-0.4, -0.2) is 17.1 Å². The second-order valence-corrected chi connectivity index (χ2v) is 8.87. The lowest BCUT2D eigenvalue weighted by molar-refractivity contribution is -0.116. The van der Waals surface area contributed by atoms with E-state index >= 15 is 0 Å². The first-order chi connectivity index (χ1) is 14.4. The highest BCUT2D eigenvalue weighted by Crippen LogP contribution is 2.28. The van der Waals surface area contributed by atoms with Crippen LogP contribution in [0.25, 0.3) is 0 Å². The Morgan fingerprint density at radius 3 is 2.30 bits per heavy atom. The number of thioether (sulfide) groups is 1. The minimum Gasteiger partial charge on any atom is -0.326 e. The van der Waals surface area contributed by atoms with Crippen LogP contribution in [0.15, 0.2) is 77.7 Å². The molecule has 0 aliphatic heterocycles. The van der Waals surface area contributed by atoms with Crippen molar-refractivity contribution in [1.29, 1.82) is 0 Å². The Bertz CT molecular complexity index is 1030. The molecule has 1 atom stereocenters. The molecule has 2 amide bonds. The van der Waals surface area contributed by atoms with E-state index in [2.05, 4.69) is 10.6 Å². The topological polar surface area (TPSA) is 58.2 Å². The molecule has 30 heavy (non-hydrogen) atoms. The highest BCUT2D eigenvalue weighted by molar-refractivity contribution is 8.00. The molecule has 0 aromatic heterocycles. The number of hydrogen-bond acceptors (Lipinski definition) is 3. The van der Waals surface area contributed by atoms with Gasteiger partial charge in [-0.05, 0) is 55.0 Å². The second kappa shape index (κ2) is 10.5. The summed E-state index contributed by atoms with van der Waals surface area (Å²) in [6.07, 6.45) is 0.321. The molecular formula is C23H20Cl2N2O2S. The van der Waals surface area contributed by atoms with Crippen molar-refractivity contribution in [3.63, 3.8) is 0 Å². The van der Waals surface area contributed by atoms with E-state index in [9.17, 15) is 9.59 Å². The molecule has 3 aromatic carbocycles. The lowest BCUT2D eigenvalue weighted by atomic mass is 10.1. The van der Waals surface area contributed by atoms with Crippen molar-refractivity contribution in [3.05, 3.63) is 88.4 Å². The number of amides is 2. The molecular weight excluding hydrogens is 439 g/mol. The molecule has 0 spiro atoms. The standard InChI is InChI=1S/C23H20Cl2N2O2S/c1-15(23(29)27-21-12-7-17(24)14-20(21)25)30-19-10-8-18(9-11-19)26-22(28)13-16-5-3-2-4-6-16/h2-12,14-15H,13H2,1H3,(H,26,28)(H,27,29). The highest BCUT2D eigenvalue weighted by atomic mass is 35.5. The van der Waals surface area contributed by atoms with Gasteiger partial charge in [-0.25, -0.2) is 0 Å². The maximum atomic E-state index is 12.5. The Morgan fingerprint density at radius 2 is 1.63 bits per heavy atom. The summed E-state index contributed by atoms with van der Waals surface area (Å²) in [5, 5.41) is 6.26. The Kier molecular flexibility index (Phi) is 7.80. The number of benzene rings is 3. The first kappa shape index (κ1) is 22.2. The van der Waals surface area contributed by atoms with E-state index in [4.69, 9.17) is 23.2 Å². The van der Waals surface area contributed by atoms with Gasteiger partial charge in [0.15, 0.2) is 0 Å². The van der Waals surface area contributed by atoms with Crippen molar-refractivity contribution in [1.82, 2.24) is 0 Å². The molecule has 0 saturated heterocycles. The molecule has 0 fully saturated rings. The molecule has 1 unspecified atom stereocenters. The van der Waals surface area contributed by atoms with Crippen LogP contribution in [-0.2, 0) is 16.0 Å². The predicted octanol–water partition coefficient (Wildman–Crippen LogP) is 6.29. The Morgan fingerprint density at radius 1 is 0.933 bits per heavy atom. The zero-order valence-electron chi connectivity index (χ0n) is 16.2. The van der Waals surface area contributed by atoms with E-state index < -0.39 is 0 Å². The van der Waals surface area contributed by atoms with Gasteiger partial charge in [-0.1, -0.05) is 53.5 Å². The van der Waals surface area contributed by atoms with Gasteiger partial charge in [0.25, 0.3) is 0 Å². The van der Waals surface area contributed by atoms with E-state index in [-0.39, 0.29) is 17.1 Å². The monoisotopic (exact) mass is 458 g/mol. The smallest absolute Gasteiger partial charge is 0.237 e. The zero-order valence-corrected chi connectivity index (χ0v) is 18.5. The van der Waals surface area contributed by atoms with Crippen molar-refractivity contribution in [3.8, 4) is 0 Å². The fourth-order valence-corrected chi connectivity index (χ4v) is 4.01. The number of carbonyl (C=O) groups is 2. The van der Waals surface area contributed by atoms with Crippen molar-refractivity contribution in [2.45, 2.75) is 23.5 Å². The second-order valence-electron chi connectivity index (χ2n) is 6.61. The van der Waals surface area contributed by atoms with Gasteiger partial charge in [-0.3, -0.25) is 9.59 Å². The predicted molar refractivity (Wildman–Crippen MR) is 126 cm³/mol. The lowest BCUT2D eigenvalue weighted by Gasteiger charge is -2.13. The summed E-state index contributed by atoms with van der Waals surface area (Å²) in [6, 6.07) is 21.9. The molecule has 0 saturated carbocycles. The first-order valence-corrected chi connectivity index (χ1v) is 10.9. The van der Waals surface area contributed by atoms with Crippen molar-refractivity contribution in [2.75, 3.05) is 10.6 Å². The number of carbonyl (C=O) groups excluding carboxylic acids is 2. The molecule has 0 aliphatic rings. The summed E-state index contributed by atoms with van der Waals surface area (Å²) < 4.78 is 0. The number of anilines is 2. The quantitative estimate of drug-likeness (QED) is 0.408. The third-order valence-corrected chi connectivity index (χ3v) is 5.88. The summed E-state index contributed by atoms with van der Waals surface area (Å²) in [4.78, 5) is 25.5. The average molecular weight is 459 g/mol. The van der Waals surface area contributed by atoms with Gasteiger partial charge in [0.05, 0.1) is 22.4 Å². The highest BCUT2D eigenvalue weighted by Gasteiger charge is 2.16. The van der Waals surface area contributed by atoms with E-state index in [1.807, 2.05) is 61.5 Å². The van der Waals surface area contributed by atoms with Crippen molar-refractivity contribution in [2.24, 2.45) is 0 Å². The van der Waals surface area contributed by atoms with Crippen LogP contribution in [0.1, 0.15) is 12.5 Å². The van der Waals surface area contributed by atoms with Crippen molar-refractivity contribution >= 4 is 58.2 Å². The van der Waals surface area contributed by atoms with Crippen LogP contribution in [0.2, 0.25) is 10.0 Å². The number of hydrogen-bond donors (Lipinski definition) is 2. The normalized spacial score (nSPS) is 11.6. The molecule has 0 radical (unpaired) electrons. The molecule has 154 valence electrons. The summed E-state index contributed by atoms with van der Waals surface area (Å²) >= 11 is 13.4. The summed E-state index contributed by atoms with van der Waals surface area (Å²) in [6.45, 7) is 1.82. The van der Waals surface area contributed by atoms with Crippen LogP contribution in [0.3, 0.4) is 0 Å². The van der Waals surface area contributed by atoms with Crippen LogP contribution in [0.4, 0.5) is 11.4 Å². The minimum atomic E-state index is -0.338. The van der Waals surface area contributed by atoms with Gasteiger partial charge >= 0.3 is 0 Å². The van der Waals surface area contributed by atoms with Crippen LogP contribution in [0.5, 0.6) is 0 Å². The van der Waals surface area contributed by atoms with Gasteiger partial charge in [-0.2, -0.15) is 0 Å². The Hall–Kier alpha value is -2.47. The van der Waals surface area contributed by atoms with Crippen LogP contribution >= 0.6 is 35.0 Å². The van der Waals surface area contributed by atoms with Crippen molar-refractivity contribution < 1.29 is 9.59 Å². The van der Waals surface area contributed by atoms with E-state index in [0.29, 0.717) is 27.8 Å². The van der Waals surface area contributed by atoms with E-state index in [0.717, 1.165) is 10.5 Å². The molecule has 3 rings (SSSR count). The molecule has 0 bridgehead atoms. The molecule has 3 aromatic rings. The van der Waals surface area contributed by atoms with Gasteiger partial charge in [0.1, 0.15) is 0 Å². The van der Waals surface area contributed by atoms with Gasteiger partial charge in [-0.15, -0.1) is 11.8 Å². The average Bonchev–Trinajstić information content (AvgIpc) is 2.72. The maximum Gasteiger partial charge on any atom is 0.237 e. The fraction of sp³-hybridized carbons (Fsp3) is 0.130. The van der Waals surface area contributed by atoms with Crippen LogP contribution in [0, 0.1) is 0 Å². The number of rotatable bonds is 7. The molecule has 0 heterocycles. The first-order valence-electron chi connectivity index (χ1n) is 9.27. The Balaban J connectivity index is 1.53. The fourth-order valence-electron chi connectivity index (χ4n) is 2.69. The largest absolute Gasteiger partial charge is 0.326 e. The lowest BCUT2D eigenvalue weighted by Crippen LogP contribution is -2.22. The zero-order chi connectivity index (χ0) is 21.5. The summed E-state index contributed by atoms with van der Waals surface area (Å²) in [5.41, 5.74) is 2.20. The molecule has 4 nitrogen and oxygen atoms in total. The van der Waals surface area contributed by atoms with Gasteiger partial charge in [0, 0.05) is 15.6 Å². The molecule has 0 aliphatic carbocycles. The maximum absolute atomic E-state index is 12.5. The van der Waals surface area contributed by atoms with Gasteiger partial charge in [0.2, 0.25) is 11.8 Å². The number of nitrogens with one attached hydrogen (secondary N) is 2. The third kappa shape index (κ3) is 6.52. The minimum absolute atomic E-state index is 0.0748. The van der Waals surface area contributed by atoms with E-state index in [1.54, 1.807) is 18.2 Å². The van der Waals surface area contributed by atoms with Gasteiger partial charge < -0.3 is 10.6 Å². The molecule has 7 heteroatoms. The Labute approximate surface area is 190 Å². The van der Waals surface area contributed by atoms with Crippen LogP contribution < -0.4 is 10.6 Å².